The van der Waals surface area contributed by atoms with Crippen molar-refractivity contribution in [3.8, 4) is 5.75 Å². The van der Waals surface area contributed by atoms with Gasteiger partial charge in [0.05, 0.1) is 22.4 Å². The molecule has 0 spiro atoms. The molecule has 0 aliphatic carbocycles. The Kier molecular flexibility index (Phi) is 7.74. The number of hydrogen-bond acceptors (Lipinski definition) is 5. The van der Waals surface area contributed by atoms with E-state index in [1.54, 1.807) is 20.8 Å². The second-order valence-electron chi connectivity index (χ2n) is 6.74. The first-order chi connectivity index (χ1) is 11.9. The zero-order valence-corrected chi connectivity index (χ0v) is 15.9. The van der Waals surface area contributed by atoms with Crippen LogP contribution in [0.25, 0.3) is 0 Å². The van der Waals surface area contributed by atoms with Crippen LogP contribution in [0.4, 0.5) is 8.78 Å². The number of sulfone groups is 1. The summed E-state index contributed by atoms with van der Waals surface area (Å²) in [6, 6.07) is 5.36. The van der Waals surface area contributed by atoms with Crippen LogP contribution in [0.2, 0.25) is 0 Å². The SMILES string of the molecule is C=C(F)C[C@H](CS(=O)(=O)c1ccc(OCCF)cc1)C(=O)OC(C)(C)C. The summed E-state index contributed by atoms with van der Waals surface area (Å²) in [5.74, 6) is -3.11. The van der Waals surface area contributed by atoms with E-state index in [4.69, 9.17) is 9.47 Å². The molecule has 0 unspecified atom stereocenters. The third-order valence-corrected chi connectivity index (χ3v) is 4.99. The summed E-state index contributed by atoms with van der Waals surface area (Å²) in [5, 5.41) is 0. The van der Waals surface area contributed by atoms with E-state index in [1.807, 2.05) is 0 Å². The van der Waals surface area contributed by atoms with Crippen LogP contribution in [0, 0.1) is 5.92 Å². The molecule has 8 heteroatoms. The molecule has 0 saturated carbocycles. The summed E-state index contributed by atoms with van der Waals surface area (Å²) in [7, 11) is -3.88. The van der Waals surface area contributed by atoms with Gasteiger partial charge in [0.1, 0.15) is 24.6 Å². The topological polar surface area (TPSA) is 69.7 Å². The van der Waals surface area contributed by atoms with E-state index in [0.29, 0.717) is 5.75 Å². The van der Waals surface area contributed by atoms with E-state index in [2.05, 4.69) is 6.58 Å². The monoisotopic (exact) mass is 390 g/mol. The Balaban J connectivity index is 2.97. The molecule has 0 bridgehead atoms. The molecule has 0 aliphatic heterocycles. The fourth-order valence-corrected chi connectivity index (χ4v) is 3.65. The maximum Gasteiger partial charge on any atom is 0.310 e. The fraction of sp³-hybridized carbons (Fsp3) is 0.500. The summed E-state index contributed by atoms with van der Waals surface area (Å²) in [5.41, 5.74) is -0.827. The quantitative estimate of drug-likeness (QED) is 0.602. The number of ether oxygens (including phenoxy) is 2. The number of carbonyl (C=O) groups is 1. The minimum absolute atomic E-state index is 0.0527. The normalized spacial score (nSPS) is 13.1. The zero-order chi connectivity index (χ0) is 20.0. The number of allylic oxidation sites excluding steroid dienone is 1. The molecule has 5 nitrogen and oxygen atoms in total. The van der Waals surface area contributed by atoms with Crippen molar-refractivity contribution in [2.45, 2.75) is 37.7 Å². The molecule has 0 aliphatic rings. The van der Waals surface area contributed by atoms with Gasteiger partial charge in [0, 0.05) is 6.42 Å². The number of carbonyl (C=O) groups excluding carboxylic acids is 1. The smallest absolute Gasteiger partial charge is 0.310 e. The highest BCUT2D eigenvalue weighted by Crippen LogP contribution is 2.24. The summed E-state index contributed by atoms with van der Waals surface area (Å²) >= 11 is 0. The van der Waals surface area contributed by atoms with Gasteiger partial charge in [-0.25, -0.2) is 17.2 Å². The lowest BCUT2D eigenvalue weighted by Crippen LogP contribution is -2.32. The predicted octanol–water partition coefficient (Wildman–Crippen LogP) is 3.64. The number of halogens is 2. The maximum absolute atomic E-state index is 13.2. The highest BCUT2D eigenvalue weighted by atomic mass is 32.2. The molecule has 0 aromatic heterocycles. The molecule has 0 N–H and O–H groups in total. The molecular weight excluding hydrogens is 366 g/mol. The van der Waals surface area contributed by atoms with Gasteiger partial charge in [-0.05, 0) is 45.0 Å². The Morgan fingerprint density at radius 2 is 1.81 bits per heavy atom. The Labute approximate surface area is 152 Å². The second kappa shape index (κ2) is 9.12. The molecule has 0 heterocycles. The number of hydrogen-bond donors (Lipinski definition) is 0. The predicted molar refractivity (Wildman–Crippen MR) is 94.2 cm³/mol. The van der Waals surface area contributed by atoms with Crippen LogP contribution in [0.3, 0.4) is 0 Å². The molecule has 0 amide bonds. The molecule has 0 radical (unpaired) electrons. The van der Waals surface area contributed by atoms with E-state index in [-0.39, 0.29) is 11.5 Å². The molecule has 0 fully saturated rings. The van der Waals surface area contributed by atoms with Gasteiger partial charge in [-0.1, -0.05) is 6.58 Å². The minimum Gasteiger partial charge on any atom is -0.491 e. The van der Waals surface area contributed by atoms with E-state index < -0.39 is 52.0 Å². The summed E-state index contributed by atoms with van der Waals surface area (Å²) < 4.78 is 60.7. The van der Waals surface area contributed by atoms with Gasteiger partial charge in [-0.3, -0.25) is 4.79 Å². The number of rotatable bonds is 9. The Morgan fingerprint density at radius 3 is 2.27 bits per heavy atom. The van der Waals surface area contributed by atoms with E-state index in [9.17, 15) is 22.0 Å². The molecule has 146 valence electrons. The van der Waals surface area contributed by atoms with Crippen LogP contribution < -0.4 is 4.74 Å². The van der Waals surface area contributed by atoms with Gasteiger partial charge in [0.25, 0.3) is 0 Å². The van der Waals surface area contributed by atoms with Crippen molar-refractivity contribution >= 4 is 15.8 Å². The van der Waals surface area contributed by atoms with Crippen molar-refractivity contribution < 1.29 is 31.5 Å². The zero-order valence-electron chi connectivity index (χ0n) is 15.1. The van der Waals surface area contributed by atoms with Crippen molar-refractivity contribution in [3.05, 3.63) is 36.7 Å². The maximum atomic E-state index is 13.2. The van der Waals surface area contributed by atoms with E-state index in [0.717, 1.165) is 0 Å². The van der Waals surface area contributed by atoms with Crippen LogP contribution in [-0.4, -0.2) is 39.0 Å². The average Bonchev–Trinajstić information content (AvgIpc) is 2.50. The van der Waals surface area contributed by atoms with E-state index in [1.165, 1.54) is 24.3 Å². The molecule has 1 rings (SSSR count). The lowest BCUT2D eigenvalue weighted by molar-refractivity contribution is -0.159. The highest BCUT2D eigenvalue weighted by molar-refractivity contribution is 7.91. The first-order valence-corrected chi connectivity index (χ1v) is 9.67. The van der Waals surface area contributed by atoms with Crippen LogP contribution in [0.5, 0.6) is 5.75 Å². The molecule has 1 aromatic carbocycles. The van der Waals surface area contributed by atoms with Crippen LogP contribution in [0.15, 0.2) is 41.6 Å². The van der Waals surface area contributed by atoms with Crippen molar-refractivity contribution in [2.75, 3.05) is 19.0 Å². The van der Waals surface area contributed by atoms with Crippen molar-refractivity contribution in [1.29, 1.82) is 0 Å². The molecule has 1 atom stereocenters. The van der Waals surface area contributed by atoms with Gasteiger partial charge < -0.3 is 9.47 Å². The molecular formula is C18H24F2O5S. The summed E-state index contributed by atoms with van der Waals surface area (Å²) in [6.45, 7) is 7.21. The van der Waals surface area contributed by atoms with Crippen molar-refractivity contribution in [3.63, 3.8) is 0 Å². The van der Waals surface area contributed by atoms with Crippen LogP contribution in [0.1, 0.15) is 27.2 Å². The molecule has 26 heavy (non-hydrogen) atoms. The minimum atomic E-state index is -3.88. The Bertz CT molecular complexity index is 721. The van der Waals surface area contributed by atoms with Gasteiger partial charge in [-0.15, -0.1) is 0 Å². The first kappa shape index (κ1) is 22.1. The third kappa shape index (κ3) is 7.51. The summed E-state index contributed by atoms with van der Waals surface area (Å²) in [6.07, 6.45) is -0.439. The third-order valence-electron chi connectivity index (χ3n) is 3.16. The standard InChI is InChI=1S/C18H24F2O5S/c1-13(20)11-14(17(21)25-18(2,3)4)12-26(22,23)16-7-5-15(6-8-16)24-10-9-19/h5-8,14H,1,9-12H2,2-4H3/t14-/m1/s1. The Morgan fingerprint density at radius 1 is 1.23 bits per heavy atom. The van der Waals surface area contributed by atoms with Crippen molar-refractivity contribution in [2.24, 2.45) is 5.92 Å². The van der Waals surface area contributed by atoms with Gasteiger partial charge in [-0.2, -0.15) is 0 Å². The lowest BCUT2D eigenvalue weighted by atomic mass is 10.1. The average molecular weight is 390 g/mol. The van der Waals surface area contributed by atoms with Crippen molar-refractivity contribution in [1.82, 2.24) is 0 Å². The summed E-state index contributed by atoms with van der Waals surface area (Å²) in [4.78, 5) is 12.2. The largest absolute Gasteiger partial charge is 0.491 e. The molecule has 1 aromatic rings. The molecule has 0 saturated heterocycles. The van der Waals surface area contributed by atoms with Gasteiger partial charge in [0.2, 0.25) is 0 Å². The lowest BCUT2D eigenvalue weighted by Gasteiger charge is -2.23. The van der Waals surface area contributed by atoms with Crippen LogP contribution in [-0.2, 0) is 19.4 Å². The van der Waals surface area contributed by atoms with Gasteiger partial charge >= 0.3 is 5.97 Å². The first-order valence-electron chi connectivity index (χ1n) is 8.02. The van der Waals surface area contributed by atoms with E-state index >= 15 is 0 Å². The fourth-order valence-electron chi connectivity index (χ4n) is 2.12. The highest BCUT2D eigenvalue weighted by Gasteiger charge is 2.31. The van der Waals surface area contributed by atoms with Crippen LogP contribution >= 0.6 is 0 Å². The number of benzene rings is 1. The number of alkyl halides is 1. The van der Waals surface area contributed by atoms with Gasteiger partial charge in [0.15, 0.2) is 9.84 Å². The number of esters is 1. The second-order valence-corrected chi connectivity index (χ2v) is 8.78. The Hall–Kier alpha value is -1.96.